The Labute approximate surface area is 91.2 Å². The van der Waals surface area contributed by atoms with Crippen LogP contribution >= 0.6 is 0 Å². The third-order valence-electron chi connectivity index (χ3n) is 1.76. The summed E-state index contributed by atoms with van der Waals surface area (Å²) in [7, 11) is -7.33. The van der Waals surface area contributed by atoms with Crippen molar-refractivity contribution >= 4 is 19.9 Å². The van der Waals surface area contributed by atoms with Crippen LogP contribution in [-0.2, 0) is 19.9 Å². The van der Waals surface area contributed by atoms with Crippen LogP contribution in [0.3, 0.4) is 0 Å². The average Bonchev–Trinajstić information content (AvgIpc) is 1.95. The summed E-state index contributed by atoms with van der Waals surface area (Å²) in [5.41, 5.74) is 5.61. The molecule has 1 unspecified atom stereocenters. The van der Waals surface area contributed by atoms with Crippen LogP contribution in [0.4, 0.5) is 0 Å². The van der Waals surface area contributed by atoms with Gasteiger partial charge in [-0.05, 0) is 5.92 Å². The topological polar surface area (TPSA) is 106 Å². The molecule has 0 aliphatic rings. The SMILES string of the molecule is CC(C)C(N)CNS(=O)(=O)CS(C)(=O)=O. The van der Waals surface area contributed by atoms with Crippen LogP contribution in [0.5, 0.6) is 0 Å². The highest BCUT2D eigenvalue weighted by molar-refractivity contribution is 8.06. The molecule has 0 saturated heterocycles. The fourth-order valence-corrected chi connectivity index (χ4v) is 3.82. The molecule has 0 aromatic rings. The Bertz CT molecular complexity index is 385. The molecule has 1 atom stereocenters. The number of sulfone groups is 1. The standard InChI is InChI=1S/C7H18N2O4S2/c1-6(2)7(8)4-9-15(12,13)5-14(3,10)11/h6-7,9H,4-5,8H2,1-3H3. The molecule has 0 aliphatic carbocycles. The quantitative estimate of drug-likeness (QED) is 0.628. The van der Waals surface area contributed by atoms with E-state index in [9.17, 15) is 16.8 Å². The molecule has 0 rings (SSSR count). The number of nitrogens with two attached hydrogens (primary N) is 1. The second-order valence-corrected chi connectivity index (χ2v) is 8.23. The first-order valence-corrected chi connectivity index (χ1v) is 8.15. The second-order valence-electron chi connectivity index (χ2n) is 3.91. The molecule has 0 aromatic carbocycles. The molecular formula is C7H18N2O4S2. The van der Waals surface area contributed by atoms with Crippen LogP contribution in [0, 0.1) is 5.92 Å². The van der Waals surface area contributed by atoms with Crippen molar-refractivity contribution in [3.05, 3.63) is 0 Å². The monoisotopic (exact) mass is 258 g/mol. The van der Waals surface area contributed by atoms with Gasteiger partial charge in [-0.15, -0.1) is 0 Å². The molecular weight excluding hydrogens is 240 g/mol. The van der Waals surface area contributed by atoms with Crippen molar-refractivity contribution in [3.8, 4) is 0 Å². The molecule has 0 aliphatic heterocycles. The minimum absolute atomic E-state index is 0.0511. The molecule has 0 saturated carbocycles. The van der Waals surface area contributed by atoms with Gasteiger partial charge in [0.25, 0.3) is 0 Å². The number of hydrogen-bond donors (Lipinski definition) is 2. The molecule has 0 heterocycles. The van der Waals surface area contributed by atoms with Crippen molar-refractivity contribution < 1.29 is 16.8 Å². The van der Waals surface area contributed by atoms with E-state index in [1.54, 1.807) is 0 Å². The number of hydrogen-bond acceptors (Lipinski definition) is 5. The normalized spacial score (nSPS) is 15.5. The van der Waals surface area contributed by atoms with E-state index < -0.39 is 24.9 Å². The summed E-state index contributed by atoms with van der Waals surface area (Å²) in [6.07, 6.45) is 0.870. The van der Waals surface area contributed by atoms with Crippen LogP contribution in [-0.4, -0.2) is 40.8 Å². The van der Waals surface area contributed by atoms with E-state index in [0.29, 0.717) is 0 Å². The lowest BCUT2D eigenvalue weighted by atomic mass is 10.1. The van der Waals surface area contributed by atoms with E-state index in [-0.39, 0.29) is 18.5 Å². The minimum Gasteiger partial charge on any atom is -0.326 e. The number of rotatable bonds is 6. The van der Waals surface area contributed by atoms with Gasteiger partial charge in [-0.1, -0.05) is 13.8 Å². The minimum atomic E-state index is -3.79. The van der Waals surface area contributed by atoms with Gasteiger partial charge in [0.15, 0.2) is 14.9 Å². The van der Waals surface area contributed by atoms with E-state index in [2.05, 4.69) is 4.72 Å². The summed E-state index contributed by atoms with van der Waals surface area (Å²) in [6, 6.07) is -0.320. The predicted octanol–water partition coefficient (Wildman–Crippen LogP) is -1.11. The first kappa shape index (κ1) is 14.8. The van der Waals surface area contributed by atoms with Crippen molar-refractivity contribution in [1.29, 1.82) is 0 Å². The van der Waals surface area contributed by atoms with Crippen LogP contribution < -0.4 is 10.5 Å². The number of nitrogens with one attached hydrogen (secondary N) is 1. The van der Waals surface area contributed by atoms with Crippen LogP contribution in [0.2, 0.25) is 0 Å². The van der Waals surface area contributed by atoms with Gasteiger partial charge in [-0.2, -0.15) is 0 Å². The smallest absolute Gasteiger partial charge is 0.226 e. The van der Waals surface area contributed by atoms with Crippen molar-refractivity contribution in [1.82, 2.24) is 4.72 Å². The zero-order valence-electron chi connectivity index (χ0n) is 9.10. The highest BCUT2D eigenvalue weighted by Gasteiger charge is 2.19. The van der Waals surface area contributed by atoms with Gasteiger partial charge in [-0.3, -0.25) is 0 Å². The zero-order chi connectivity index (χ0) is 12.3. The lowest BCUT2D eigenvalue weighted by Gasteiger charge is -2.15. The largest absolute Gasteiger partial charge is 0.326 e. The Balaban J connectivity index is 4.30. The lowest BCUT2D eigenvalue weighted by Crippen LogP contribution is -2.41. The summed E-state index contributed by atoms with van der Waals surface area (Å²) in [5.74, 6) is 0.130. The highest BCUT2D eigenvalue weighted by Crippen LogP contribution is 1.98. The maximum atomic E-state index is 11.2. The van der Waals surface area contributed by atoms with Gasteiger partial charge in [0.2, 0.25) is 10.0 Å². The van der Waals surface area contributed by atoms with Crippen molar-refractivity contribution in [3.63, 3.8) is 0 Å². The highest BCUT2D eigenvalue weighted by atomic mass is 32.3. The molecule has 92 valence electrons. The molecule has 0 spiro atoms. The van der Waals surface area contributed by atoms with Gasteiger partial charge in [0.1, 0.15) is 0 Å². The Morgan fingerprint density at radius 1 is 1.20 bits per heavy atom. The van der Waals surface area contributed by atoms with Crippen LogP contribution in [0.1, 0.15) is 13.8 Å². The third kappa shape index (κ3) is 7.71. The van der Waals surface area contributed by atoms with Gasteiger partial charge >= 0.3 is 0 Å². The lowest BCUT2D eigenvalue weighted by molar-refractivity contribution is 0.482. The van der Waals surface area contributed by atoms with Crippen LogP contribution in [0.25, 0.3) is 0 Å². The molecule has 15 heavy (non-hydrogen) atoms. The first-order valence-electron chi connectivity index (χ1n) is 4.44. The van der Waals surface area contributed by atoms with Gasteiger partial charge < -0.3 is 5.73 Å². The van der Waals surface area contributed by atoms with E-state index in [0.717, 1.165) is 6.26 Å². The van der Waals surface area contributed by atoms with Crippen molar-refractivity contribution in [2.45, 2.75) is 19.9 Å². The molecule has 6 nitrogen and oxygen atoms in total. The van der Waals surface area contributed by atoms with Gasteiger partial charge in [0.05, 0.1) is 0 Å². The average molecular weight is 258 g/mol. The summed E-state index contributed by atoms with van der Waals surface area (Å²) in [5, 5.41) is -0.898. The molecule has 0 amide bonds. The molecule has 0 radical (unpaired) electrons. The molecule has 0 fully saturated rings. The fourth-order valence-electron chi connectivity index (χ4n) is 0.782. The zero-order valence-corrected chi connectivity index (χ0v) is 10.7. The maximum Gasteiger partial charge on any atom is 0.226 e. The molecule has 8 heteroatoms. The van der Waals surface area contributed by atoms with E-state index in [1.807, 2.05) is 13.8 Å². The summed E-state index contributed by atoms with van der Waals surface area (Å²) < 4.78 is 46.2. The van der Waals surface area contributed by atoms with E-state index in [4.69, 9.17) is 5.73 Å². The van der Waals surface area contributed by atoms with Crippen LogP contribution in [0.15, 0.2) is 0 Å². The first-order chi connectivity index (χ1) is 6.53. The van der Waals surface area contributed by atoms with Crippen molar-refractivity contribution in [2.24, 2.45) is 11.7 Å². The molecule has 0 bridgehead atoms. The van der Waals surface area contributed by atoms with Gasteiger partial charge in [0, 0.05) is 18.8 Å². The third-order valence-corrected chi connectivity index (χ3v) is 5.32. The van der Waals surface area contributed by atoms with E-state index >= 15 is 0 Å². The summed E-state index contributed by atoms with van der Waals surface area (Å²) >= 11 is 0. The van der Waals surface area contributed by atoms with Crippen molar-refractivity contribution in [2.75, 3.05) is 17.9 Å². The maximum absolute atomic E-state index is 11.2. The Kier molecular flexibility index (Phi) is 5.18. The summed E-state index contributed by atoms with van der Waals surface area (Å²) in [4.78, 5) is 0. The predicted molar refractivity (Wildman–Crippen MR) is 59.4 cm³/mol. The number of sulfonamides is 1. The Morgan fingerprint density at radius 2 is 1.67 bits per heavy atom. The Morgan fingerprint density at radius 3 is 2.00 bits per heavy atom. The summed E-state index contributed by atoms with van der Waals surface area (Å²) in [6.45, 7) is 3.76. The van der Waals surface area contributed by atoms with E-state index in [1.165, 1.54) is 0 Å². The molecule has 0 aromatic heterocycles. The Hall–Kier alpha value is -0.180. The molecule has 3 N–H and O–H groups in total. The van der Waals surface area contributed by atoms with Gasteiger partial charge in [-0.25, -0.2) is 21.6 Å². The fraction of sp³-hybridized carbons (Fsp3) is 1.00. The second kappa shape index (κ2) is 5.24.